The Hall–Kier alpha value is -3.20. The second kappa shape index (κ2) is 15.4. The molecule has 2 aromatic carbocycles. The van der Waals surface area contributed by atoms with E-state index in [1.54, 1.807) is 32.9 Å². The Kier molecular flexibility index (Phi) is 11.2. The Balaban J connectivity index is 1.16. The third-order valence-electron chi connectivity index (χ3n) is 10.5. The van der Waals surface area contributed by atoms with E-state index >= 15 is 0 Å². The number of hydrogen-bond donors (Lipinski definition) is 2. The van der Waals surface area contributed by atoms with Gasteiger partial charge in [0.05, 0.1) is 24.0 Å². The van der Waals surface area contributed by atoms with Gasteiger partial charge in [-0.3, -0.25) is 9.69 Å². The summed E-state index contributed by atoms with van der Waals surface area (Å²) in [4.78, 5) is 63.0. The molecule has 0 aromatic heterocycles. The summed E-state index contributed by atoms with van der Waals surface area (Å²) in [6, 6.07) is 13.5. The monoisotopic (exact) mass is 801 g/mol. The van der Waals surface area contributed by atoms with Gasteiger partial charge < -0.3 is 35.4 Å². The van der Waals surface area contributed by atoms with Crippen molar-refractivity contribution in [1.82, 2.24) is 19.6 Å². The molecule has 264 valence electrons. The molecule has 14 heteroatoms. The molecule has 4 aliphatic rings. The standard InChI is InChI=1S/C35H45Br2N7O5/c1-49-32(46)24-10-11-25-22-43(33(47)39-28(25)20-24)35(38)14-19-42(23-30(35)37)34(48)44(27-8-4-2-5-9-27)29(21-36)31(45)41-17-12-26(13-18-41)40-15-6-3-7-16-40/h2,4-5,8-11,20,26,29-30H,3,6-7,12-19,21-23,38H2,1H3,(H,39,47)/t29-,30?,35?/m0/s1. The number of methoxy groups -OCH3 is 1. The number of nitrogens with one attached hydrogen (secondary N) is 1. The molecule has 3 saturated heterocycles. The number of carbonyl (C=O) groups is 4. The Labute approximate surface area is 304 Å². The topological polar surface area (TPSA) is 132 Å². The Morgan fingerprint density at radius 1 is 1.02 bits per heavy atom. The van der Waals surface area contributed by atoms with Crippen molar-refractivity contribution in [3.8, 4) is 0 Å². The molecule has 3 N–H and O–H groups in total. The van der Waals surface area contributed by atoms with Crippen LogP contribution >= 0.6 is 31.9 Å². The maximum atomic E-state index is 14.5. The number of urea groups is 2. The molecular formula is C35H45Br2N7O5. The molecule has 6 rings (SSSR count). The first kappa shape index (κ1) is 35.6. The molecule has 0 bridgehead atoms. The van der Waals surface area contributed by atoms with Crippen molar-refractivity contribution >= 4 is 67.2 Å². The number of carbonyl (C=O) groups excluding carboxylic acids is 4. The molecule has 4 aliphatic heterocycles. The van der Waals surface area contributed by atoms with E-state index in [9.17, 15) is 19.2 Å². The molecule has 2 unspecified atom stereocenters. The lowest BCUT2D eigenvalue weighted by Gasteiger charge is -2.51. The van der Waals surface area contributed by atoms with Crippen LogP contribution in [0.15, 0.2) is 48.5 Å². The highest BCUT2D eigenvalue weighted by Crippen LogP contribution is 2.36. The average Bonchev–Trinajstić information content (AvgIpc) is 3.14. The van der Waals surface area contributed by atoms with Gasteiger partial charge in [0.15, 0.2) is 0 Å². The van der Waals surface area contributed by atoms with E-state index in [0.717, 1.165) is 31.5 Å². The Morgan fingerprint density at radius 3 is 2.39 bits per heavy atom. The van der Waals surface area contributed by atoms with Crippen LogP contribution in [-0.2, 0) is 16.1 Å². The largest absolute Gasteiger partial charge is 0.465 e. The second-order valence-electron chi connectivity index (χ2n) is 13.3. The lowest BCUT2D eigenvalue weighted by atomic mass is 9.94. The first-order valence-corrected chi connectivity index (χ1v) is 19.1. The van der Waals surface area contributed by atoms with Crippen LogP contribution in [0.25, 0.3) is 0 Å². The molecule has 12 nitrogen and oxygen atoms in total. The molecular weight excluding hydrogens is 758 g/mol. The van der Waals surface area contributed by atoms with Crippen LogP contribution in [0, 0.1) is 0 Å². The van der Waals surface area contributed by atoms with E-state index in [2.05, 4.69) is 42.1 Å². The Morgan fingerprint density at radius 2 is 1.73 bits per heavy atom. The minimum absolute atomic E-state index is 0.0641. The van der Waals surface area contributed by atoms with Gasteiger partial charge in [-0.25, -0.2) is 14.4 Å². The van der Waals surface area contributed by atoms with Gasteiger partial charge in [-0.2, -0.15) is 0 Å². The van der Waals surface area contributed by atoms with Crippen molar-refractivity contribution in [3.63, 3.8) is 0 Å². The molecule has 3 atom stereocenters. The van der Waals surface area contributed by atoms with Gasteiger partial charge in [0.1, 0.15) is 11.7 Å². The molecule has 5 amide bonds. The van der Waals surface area contributed by atoms with Gasteiger partial charge in [-0.15, -0.1) is 0 Å². The smallest absolute Gasteiger partial charge is 0.337 e. The first-order valence-electron chi connectivity index (χ1n) is 17.1. The fourth-order valence-electron chi connectivity index (χ4n) is 7.58. The van der Waals surface area contributed by atoms with Gasteiger partial charge in [0.25, 0.3) is 0 Å². The van der Waals surface area contributed by atoms with Crippen molar-refractivity contribution in [3.05, 3.63) is 59.7 Å². The van der Waals surface area contributed by atoms with Crippen LogP contribution in [0.4, 0.5) is 21.0 Å². The van der Waals surface area contributed by atoms with Crippen LogP contribution in [0.3, 0.4) is 0 Å². The van der Waals surface area contributed by atoms with Gasteiger partial charge in [-0.1, -0.05) is 62.5 Å². The number of nitrogens with two attached hydrogens (primary N) is 1. The van der Waals surface area contributed by atoms with Crippen LogP contribution in [0.5, 0.6) is 0 Å². The second-order valence-corrected chi connectivity index (χ2v) is 15.1. The third-order valence-corrected chi connectivity index (χ3v) is 12.2. The average molecular weight is 804 g/mol. The quantitative estimate of drug-likeness (QED) is 0.304. The van der Waals surface area contributed by atoms with Crippen LogP contribution in [0.1, 0.15) is 54.4 Å². The lowest BCUT2D eigenvalue weighted by molar-refractivity contribution is -0.133. The molecule has 0 spiro atoms. The summed E-state index contributed by atoms with van der Waals surface area (Å²) in [5, 5.41) is 3.16. The number of ether oxygens (including phenoxy) is 1. The summed E-state index contributed by atoms with van der Waals surface area (Å²) in [5.41, 5.74) is 8.21. The van der Waals surface area contributed by atoms with E-state index < -0.39 is 22.5 Å². The number of hydrogen-bond acceptors (Lipinski definition) is 7. The van der Waals surface area contributed by atoms with Crippen LogP contribution < -0.4 is 16.0 Å². The molecule has 49 heavy (non-hydrogen) atoms. The fourth-order valence-corrected chi connectivity index (χ4v) is 8.98. The molecule has 0 aliphatic carbocycles. The predicted octanol–water partition coefficient (Wildman–Crippen LogP) is 4.81. The minimum Gasteiger partial charge on any atom is -0.465 e. The number of nitrogens with zero attached hydrogens (tertiary/aromatic N) is 5. The third kappa shape index (κ3) is 7.33. The van der Waals surface area contributed by atoms with E-state index in [0.29, 0.717) is 42.5 Å². The van der Waals surface area contributed by atoms with Gasteiger partial charge >= 0.3 is 18.0 Å². The number of piperidine rings is 3. The van der Waals surface area contributed by atoms with E-state index in [1.165, 1.54) is 26.4 Å². The highest BCUT2D eigenvalue weighted by Gasteiger charge is 2.49. The number of halogens is 2. The SMILES string of the molecule is COC(=O)c1ccc2c(c1)NC(=O)N(C1(N)CCN(C(=O)N(c3ccccc3)[C@@H](CBr)C(=O)N3CCC(N4CCCCC4)CC3)CC1Br)C2. The van der Waals surface area contributed by atoms with Crippen LogP contribution in [0.2, 0.25) is 0 Å². The highest BCUT2D eigenvalue weighted by atomic mass is 79.9. The first-order chi connectivity index (χ1) is 23.6. The predicted molar refractivity (Wildman–Crippen MR) is 195 cm³/mol. The molecule has 2 aromatic rings. The molecule has 4 heterocycles. The fraction of sp³-hybridized carbons (Fsp3) is 0.543. The number of anilines is 2. The van der Waals surface area contributed by atoms with E-state index in [-0.39, 0.29) is 42.9 Å². The summed E-state index contributed by atoms with van der Waals surface area (Å²) in [6.07, 6.45) is 5.97. The number of benzene rings is 2. The molecule has 3 fully saturated rings. The highest BCUT2D eigenvalue weighted by molar-refractivity contribution is 9.09. The molecule has 0 saturated carbocycles. The van der Waals surface area contributed by atoms with Crippen molar-refractivity contribution in [2.75, 3.05) is 61.9 Å². The molecule has 0 radical (unpaired) electrons. The summed E-state index contributed by atoms with van der Waals surface area (Å²) < 4.78 is 4.82. The Bertz CT molecular complexity index is 1540. The number of esters is 1. The van der Waals surface area contributed by atoms with Gasteiger partial charge in [-0.05, 0) is 68.6 Å². The van der Waals surface area contributed by atoms with Crippen molar-refractivity contribution in [2.24, 2.45) is 5.73 Å². The number of alkyl halides is 2. The van der Waals surface area contributed by atoms with E-state index in [1.807, 2.05) is 35.2 Å². The summed E-state index contributed by atoms with van der Waals surface area (Å²) >= 11 is 7.34. The zero-order chi connectivity index (χ0) is 34.7. The number of amides is 5. The zero-order valence-corrected chi connectivity index (χ0v) is 31.0. The lowest BCUT2D eigenvalue weighted by Crippen LogP contribution is -2.71. The number of rotatable bonds is 7. The zero-order valence-electron chi connectivity index (χ0n) is 27.9. The van der Waals surface area contributed by atoms with Gasteiger partial charge in [0, 0.05) is 55.3 Å². The van der Waals surface area contributed by atoms with Crippen molar-refractivity contribution in [1.29, 1.82) is 0 Å². The summed E-state index contributed by atoms with van der Waals surface area (Å²) in [7, 11) is 1.31. The summed E-state index contributed by atoms with van der Waals surface area (Å²) in [6.45, 7) is 4.37. The normalized spacial score (nSPS) is 24.1. The number of likely N-dealkylation sites (tertiary alicyclic amines) is 3. The van der Waals surface area contributed by atoms with Crippen LogP contribution in [-0.4, -0.2) is 118 Å². The number of fused-ring (bicyclic) bond motifs is 1. The maximum absolute atomic E-state index is 14.5. The summed E-state index contributed by atoms with van der Waals surface area (Å²) in [5.74, 6) is -0.552. The van der Waals surface area contributed by atoms with E-state index in [4.69, 9.17) is 10.5 Å². The van der Waals surface area contributed by atoms with Crippen molar-refractivity contribution < 1.29 is 23.9 Å². The number of para-hydroxylation sites is 1. The van der Waals surface area contributed by atoms with Crippen molar-refractivity contribution in [2.45, 2.75) is 67.6 Å². The van der Waals surface area contributed by atoms with Gasteiger partial charge in [0.2, 0.25) is 5.91 Å². The minimum atomic E-state index is -1.11. The maximum Gasteiger partial charge on any atom is 0.337 e.